The molecule has 0 bridgehead atoms. The number of urea groups is 1. The molecule has 0 heterocycles. The Morgan fingerprint density at radius 1 is 1.33 bits per heavy atom. The molecule has 0 saturated heterocycles. The zero-order chi connectivity index (χ0) is 11.8. The maximum Gasteiger partial charge on any atom is 0.326 e. The van der Waals surface area contributed by atoms with Crippen LogP contribution in [-0.4, -0.2) is 29.7 Å². The van der Waals surface area contributed by atoms with Crippen LogP contribution in [0.2, 0.25) is 0 Å². The van der Waals surface area contributed by atoms with Crippen molar-refractivity contribution in [2.45, 2.75) is 39.7 Å². The van der Waals surface area contributed by atoms with Crippen LogP contribution in [0, 0.1) is 5.92 Å². The van der Waals surface area contributed by atoms with E-state index in [0.29, 0.717) is 18.9 Å². The molecule has 0 aliphatic heterocycles. The fourth-order valence-electron chi connectivity index (χ4n) is 1.02. The Balaban J connectivity index is 3.77. The van der Waals surface area contributed by atoms with Crippen LogP contribution >= 0.6 is 0 Å². The summed E-state index contributed by atoms with van der Waals surface area (Å²) in [6, 6.07) is -1.21. The molecule has 0 aliphatic rings. The van der Waals surface area contributed by atoms with Crippen LogP contribution in [0.1, 0.15) is 33.6 Å². The van der Waals surface area contributed by atoms with Gasteiger partial charge in [0.2, 0.25) is 0 Å². The number of carboxylic acids is 1. The standard InChI is InChI=1S/C10H20N2O3/c1-4-8(9(13)14)12-10(15)11-6-5-7(2)3/h7-8H,4-6H2,1-3H3,(H,13,14)(H2,11,12,15)/t8-/m1/s1. The number of carbonyl (C=O) groups excluding carboxylic acids is 1. The van der Waals surface area contributed by atoms with Crippen LogP contribution < -0.4 is 10.6 Å². The van der Waals surface area contributed by atoms with Crippen LogP contribution in [-0.2, 0) is 4.79 Å². The fourth-order valence-corrected chi connectivity index (χ4v) is 1.02. The molecule has 1 atom stereocenters. The molecule has 0 aromatic carbocycles. The van der Waals surface area contributed by atoms with E-state index in [2.05, 4.69) is 24.5 Å². The summed E-state index contributed by atoms with van der Waals surface area (Å²) in [5.41, 5.74) is 0. The minimum atomic E-state index is -1.00. The SMILES string of the molecule is CC[C@@H](NC(=O)NCCC(C)C)C(=O)O. The quantitative estimate of drug-likeness (QED) is 0.624. The molecule has 0 rings (SSSR count). The minimum absolute atomic E-state index is 0.382. The zero-order valence-corrected chi connectivity index (χ0v) is 9.54. The van der Waals surface area contributed by atoms with Gasteiger partial charge in [-0.25, -0.2) is 9.59 Å². The van der Waals surface area contributed by atoms with E-state index < -0.39 is 18.0 Å². The molecule has 0 fully saturated rings. The molecule has 2 amide bonds. The number of aliphatic carboxylic acids is 1. The molecule has 0 spiro atoms. The number of nitrogens with one attached hydrogen (secondary N) is 2. The van der Waals surface area contributed by atoms with Crippen molar-refractivity contribution >= 4 is 12.0 Å². The summed E-state index contributed by atoms with van der Waals surface area (Å²) in [6.45, 7) is 6.41. The molecule has 0 aromatic rings. The summed E-state index contributed by atoms with van der Waals surface area (Å²) in [5, 5.41) is 13.7. The van der Waals surface area contributed by atoms with E-state index in [1.54, 1.807) is 6.92 Å². The lowest BCUT2D eigenvalue weighted by Crippen LogP contribution is -2.46. The van der Waals surface area contributed by atoms with Gasteiger partial charge >= 0.3 is 12.0 Å². The van der Waals surface area contributed by atoms with Gasteiger partial charge in [-0.05, 0) is 18.8 Å². The largest absolute Gasteiger partial charge is 0.480 e. The summed E-state index contributed by atoms with van der Waals surface area (Å²) in [4.78, 5) is 21.8. The number of carboxylic acid groups (broad SMARTS) is 1. The van der Waals surface area contributed by atoms with Crippen LogP contribution in [0.5, 0.6) is 0 Å². The lowest BCUT2D eigenvalue weighted by molar-refractivity contribution is -0.139. The Bertz CT molecular complexity index is 217. The topological polar surface area (TPSA) is 78.4 Å². The van der Waals surface area contributed by atoms with Crippen molar-refractivity contribution in [2.24, 2.45) is 5.92 Å². The van der Waals surface area contributed by atoms with Crippen LogP contribution in [0.25, 0.3) is 0 Å². The van der Waals surface area contributed by atoms with Crippen molar-refractivity contribution in [1.29, 1.82) is 0 Å². The molecule has 0 aromatic heterocycles. The predicted octanol–water partition coefficient (Wildman–Crippen LogP) is 1.19. The second-order valence-electron chi connectivity index (χ2n) is 3.88. The van der Waals surface area contributed by atoms with E-state index in [9.17, 15) is 9.59 Å². The Kier molecular flexibility index (Phi) is 6.49. The minimum Gasteiger partial charge on any atom is -0.480 e. The Hall–Kier alpha value is -1.26. The van der Waals surface area contributed by atoms with Crippen LogP contribution in [0.3, 0.4) is 0 Å². The van der Waals surface area contributed by atoms with Crippen molar-refractivity contribution < 1.29 is 14.7 Å². The molecule has 5 nitrogen and oxygen atoms in total. The molecule has 88 valence electrons. The summed E-state index contributed by atoms with van der Waals surface area (Å²) in [5.74, 6) is -0.483. The molecule has 15 heavy (non-hydrogen) atoms. The monoisotopic (exact) mass is 216 g/mol. The van der Waals surface area contributed by atoms with Crippen molar-refractivity contribution in [3.05, 3.63) is 0 Å². The first-order valence-electron chi connectivity index (χ1n) is 5.24. The molecule has 0 radical (unpaired) electrons. The number of hydrogen-bond donors (Lipinski definition) is 3. The van der Waals surface area contributed by atoms with Crippen molar-refractivity contribution in [1.82, 2.24) is 10.6 Å². The van der Waals surface area contributed by atoms with E-state index >= 15 is 0 Å². The first kappa shape index (κ1) is 13.7. The lowest BCUT2D eigenvalue weighted by atomic mass is 10.1. The van der Waals surface area contributed by atoms with Gasteiger partial charge in [-0.1, -0.05) is 20.8 Å². The maximum absolute atomic E-state index is 11.2. The third kappa shape index (κ3) is 6.76. The maximum atomic E-state index is 11.2. The van der Waals surface area contributed by atoms with E-state index in [-0.39, 0.29) is 0 Å². The highest BCUT2D eigenvalue weighted by Gasteiger charge is 2.16. The molecular weight excluding hydrogens is 196 g/mol. The van der Waals surface area contributed by atoms with Gasteiger partial charge in [0.15, 0.2) is 0 Å². The van der Waals surface area contributed by atoms with Crippen molar-refractivity contribution in [3.63, 3.8) is 0 Å². The molecule has 0 unspecified atom stereocenters. The van der Waals surface area contributed by atoms with Gasteiger partial charge in [0.25, 0.3) is 0 Å². The van der Waals surface area contributed by atoms with Crippen LogP contribution in [0.15, 0.2) is 0 Å². The molecule has 3 N–H and O–H groups in total. The van der Waals surface area contributed by atoms with Gasteiger partial charge in [0, 0.05) is 6.54 Å². The van der Waals surface area contributed by atoms with Gasteiger partial charge in [0.1, 0.15) is 6.04 Å². The average molecular weight is 216 g/mol. The second kappa shape index (κ2) is 7.09. The smallest absolute Gasteiger partial charge is 0.326 e. The normalized spacial score (nSPS) is 12.3. The van der Waals surface area contributed by atoms with Crippen LogP contribution in [0.4, 0.5) is 4.79 Å². The first-order chi connectivity index (χ1) is 6.97. The predicted molar refractivity (Wildman–Crippen MR) is 57.7 cm³/mol. The Labute approximate surface area is 90.2 Å². The molecular formula is C10H20N2O3. The first-order valence-corrected chi connectivity index (χ1v) is 5.24. The third-order valence-corrected chi connectivity index (χ3v) is 2.02. The van der Waals surface area contributed by atoms with E-state index in [1.807, 2.05) is 0 Å². The highest BCUT2D eigenvalue weighted by atomic mass is 16.4. The Morgan fingerprint density at radius 2 is 1.93 bits per heavy atom. The zero-order valence-electron chi connectivity index (χ0n) is 9.54. The van der Waals surface area contributed by atoms with Gasteiger partial charge < -0.3 is 15.7 Å². The van der Waals surface area contributed by atoms with E-state index in [4.69, 9.17) is 5.11 Å². The second-order valence-corrected chi connectivity index (χ2v) is 3.88. The lowest BCUT2D eigenvalue weighted by Gasteiger charge is -2.13. The summed E-state index contributed by atoms with van der Waals surface area (Å²) in [7, 11) is 0. The number of rotatable bonds is 6. The summed E-state index contributed by atoms with van der Waals surface area (Å²) in [6.07, 6.45) is 1.27. The summed E-state index contributed by atoms with van der Waals surface area (Å²) < 4.78 is 0. The van der Waals surface area contributed by atoms with Crippen molar-refractivity contribution in [3.8, 4) is 0 Å². The molecule has 5 heteroatoms. The van der Waals surface area contributed by atoms with Crippen molar-refractivity contribution in [2.75, 3.05) is 6.54 Å². The van der Waals surface area contributed by atoms with E-state index in [1.165, 1.54) is 0 Å². The number of amides is 2. The average Bonchev–Trinajstić information content (AvgIpc) is 2.13. The number of carbonyl (C=O) groups is 2. The Morgan fingerprint density at radius 3 is 2.33 bits per heavy atom. The third-order valence-electron chi connectivity index (χ3n) is 2.02. The van der Waals surface area contributed by atoms with E-state index in [0.717, 1.165) is 6.42 Å². The number of hydrogen-bond acceptors (Lipinski definition) is 2. The highest BCUT2D eigenvalue weighted by molar-refractivity contribution is 5.82. The van der Waals surface area contributed by atoms with Gasteiger partial charge in [-0.3, -0.25) is 0 Å². The fraction of sp³-hybridized carbons (Fsp3) is 0.800. The van der Waals surface area contributed by atoms with Gasteiger partial charge in [-0.15, -0.1) is 0 Å². The molecule has 0 aliphatic carbocycles. The highest BCUT2D eigenvalue weighted by Crippen LogP contribution is 1.96. The molecule has 0 saturated carbocycles. The van der Waals surface area contributed by atoms with Gasteiger partial charge in [-0.2, -0.15) is 0 Å². The van der Waals surface area contributed by atoms with Gasteiger partial charge in [0.05, 0.1) is 0 Å². The summed E-state index contributed by atoms with van der Waals surface area (Å²) >= 11 is 0.